The molecule has 1 heterocycles. The van der Waals surface area contributed by atoms with Crippen LogP contribution in [0.2, 0.25) is 0 Å². The van der Waals surface area contributed by atoms with Gasteiger partial charge in [-0.05, 0) is 18.1 Å². The lowest BCUT2D eigenvalue weighted by Crippen LogP contribution is -2.36. The molecule has 0 spiro atoms. The van der Waals surface area contributed by atoms with Gasteiger partial charge in [-0.3, -0.25) is 9.59 Å². The summed E-state index contributed by atoms with van der Waals surface area (Å²) in [5, 5.41) is 9.77. The number of Topliss-reactive ketones (excluding diaryl/α,β-unsaturated/α-hetero) is 1. The number of ketones is 1. The molecule has 1 fully saturated rings. The molecule has 1 aliphatic heterocycles. The Balaban J connectivity index is 1.94. The summed E-state index contributed by atoms with van der Waals surface area (Å²) in [6, 6.07) is 18.6. The van der Waals surface area contributed by atoms with Gasteiger partial charge in [0, 0.05) is 13.0 Å². The fraction of sp³-hybridized carbons (Fsp3) is 0.200. The average Bonchev–Trinajstić information content (AvgIpc) is 2.81. The summed E-state index contributed by atoms with van der Waals surface area (Å²) in [5.41, 5.74) is 1.85. The van der Waals surface area contributed by atoms with E-state index in [-0.39, 0.29) is 17.1 Å². The SMILES string of the molecule is C/C(O)=C1/C(=O)C(Cc2ccccc2)N(Cc2ccccc2)C1=O. The van der Waals surface area contributed by atoms with Crippen molar-refractivity contribution in [3.63, 3.8) is 0 Å². The molecule has 1 unspecified atom stereocenters. The third kappa shape index (κ3) is 3.08. The first-order valence-corrected chi connectivity index (χ1v) is 7.91. The van der Waals surface area contributed by atoms with E-state index >= 15 is 0 Å². The molecule has 122 valence electrons. The minimum absolute atomic E-state index is 0.0909. The first-order chi connectivity index (χ1) is 11.6. The number of hydrogen-bond donors (Lipinski definition) is 1. The van der Waals surface area contributed by atoms with Gasteiger partial charge in [0.25, 0.3) is 5.91 Å². The van der Waals surface area contributed by atoms with E-state index in [1.54, 1.807) is 4.90 Å². The molecule has 4 heteroatoms. The summed E-state index contributed by atoms with van der Waals surface area (Å²) in [6.45, 7) is 1.73. The van der Waals surface area contributed by atoms with Gasteiger partial charge in [0.15, 0.2) is 5.78 Å². The smallest absolute Gasteiger partial charge is 0.261 e. The van der Waals surface area contributed by atoms with Gasteiger partial charge in [0.05, 0.1) is 0 Å². The molecule has 1 atom stereocenters. The van der Waals surface area contributed by atoms with Crippen LogP contribution >= 0.6 is 0 Å². The number of allylic oxidation sites excluding steroid dienone is 1. The highest BCUT2D eigenvalue weighted by Gasteiger charge is 2.44. The van der Waals surface area contributed by atoms with Crippen LogP contribution < -0.4 is 0 Å². The first-order valence-electron chi connectivity index (χ1n) is 7.91. The fourth-order valence-electron chi connectivity index (χ4n) is 3.03. The molecule has 24 heavy (non-hydrogen) atoms. The zero-order chi connectivity index (χ0) is 17.1. The number of amides is 1. The van der Waals surface area contributed by atoms with Gasteiger partial charge in [0.2, 0.25) is 0 Å². The summed E-state index contributed by atoms with van der Waals surface area (Å²) in [5.74, 6) is -0.914. The van der Waals surface area contributed by atoms with Crippen molar-refractivity contribution < 1.29 is 14.7 Å². The fourth-order valence-corrected chi connectivity index (χ4v) is 3.03. The molecule has 1 amide bonds. The number of carbonyl (C=O) groups excluding carboxylic acids is 2. The van der Waals surface area contributed by atoms with Crippen LogP contribution in [0.5, 0.6) is 0 Å². The van der Waals surface area contributed by atoms with E-state index in [4.69, 9.17) is 0 Å². The summed E-state index contributed by atoms with van der Waals surface area (Å²) in [6.07, 6.45) is 0.440. The zero-order valence-electron chi connectivity index (χ0n) is 13.5. The molecule has 1 N–H and O–H groups in total. The Morgan fingerprint density at radius 2 is 1.50 bits per heavy atom. The molecular formula is C20H19NO3. The predicted octanol–water partition coefficient (Wildman–Crippen LogP) is 3.04. The first kappa shape index (κ1) is 16.0. The average molecular weight is 321 g/mol. The minimum Gasteiger partial charge on any atom is -0.512 e. The second-order valence-corrected chi connectivity index (χ2v) is 5.95. The lowest BCUT2D eigenvalue weighted by molar-refractivity contribution is -0.127. The maximum absolute atomic E-state index is 12.7. The number of likely N-dealkylation sites (tertiary alicyclic amines) is 1. The number of aliphatic hydroxyl groups excluding tert-OH is 1. The topological polar surface area (TPSA) is 57.6 Å². The number of nitrogens with zero attached hydrogens (tertiary/aromatic N) is 1. The highest BCUT2D eigenvalue weighted by Crippen LogP contribution is 2.27. The van der Waals surface area contributed by atoms with Gasteiger partial charge < -0.3 is 10.0 Å². The molecule has 1 saturated heterocycles. The Hall–Kier alpha value is -2.88. The van der Waals surface area contributed by atoms with Crippen molar-refractivity contribution in [1.29, 1.82) is 0 Å². The zero-order valence-corrected chi connectivity index (χ0v) is 13.5. The van der Waals surface area contributed by atoms with Crippen LogP contribution in [0, 0.1) is 0 Å². The Kier molecular flexibility index (Phi) is 4.47. The normalized spacial score (nSPS) is 19.7. The number of benzene rings is 2. The third-order valence-corrected chi connectivity index (χ3v) is 4.23. The van der Waals surface area contributed by atoms with E-state index < -0.39 is 11.9 Å². The Bertz CT molecular complexity index is 716. The number of hydrogen-bond acceptors (Lipinski definition) is 3. The van der Waals surface area contributed by atoms with E-state index in [9.17, 15) is 14.7 Å². The van der Waals surface area contributed by atoms with Gasteiger partial charge in [-0.2, -0.15) is 0 Å². The third-order valence-electron chi connectivity index (χ3n) is 4.23. The Labute approximate surface area is 141 Å². The van der Waals surface area contributed by atoms with Crippen molar-refractivity contribution in [2.45, 2.75) is 25.9 Å². The molecule has 0 aliphatic carbocycles. The van der Waals surface area contributed by atoms with Crippen LogP contribution in [0.15, 0.2) is 72.0 Å². The molecular weight excluding hydrogens is 302 g/mol. The molecule has 2 aromatic carbocycles. The van der Waals surface area contributed by atoms with Crippen molar-refractivity contribution in [2.75, 3.05) is 0 Å². The molecule has 3 rings (SSSR count). The summed E-state index contributed by atoms with van der Waals surface area (Å²) >= 11 is 0. The molecule has 0 radical (unpaired) electrons. The molecule has 0 saturated carbocycles. The van der Waals surface area contributed by atoms with Crippen molar-refractivity contribution in [3.05, 3.63) is 83.1 Å². The second kappa shape index (κ2) is 6.71. The van der Waals surface area contributed by atoms with Gasteiger partial charge >= 0.3 is 0 Å². The predicted molar refractivity (Wildman–Crippen MR) is 91.3 cm³/mol. The van der Waals surface area contributed by atoms with Crippen molar-refractivity contribution in [1.82, 2.24) is 4.90 Å². The van der Waals surface area contributed by atoms with Crippen LogP contribution in [-0.2, 0) is 22.6 Å². The molecule has 0 aromatic heterocycles. The lowest BCUT2D eigenvalue weighted by atomic mass is 10.0. The largest absolute Gasteiger partial charge is 0.512 e. The lowest BCUT2D eigenvalue weighted by Gasteiger charge is -2.23. The summed E-state index contributed by atoms with van der Waals surface area (Å²) < 4.78 is 0. The molecule has 4 nitrogen and oxygen atoms in total. The monoisotopic (exact) mass is 321 g/mol. The van der Waals surface area contributed by atoms with Crippen LogP contribution in [0.1, 0.15) is 18.1 Å². The van der Waals surface area contributed by atoms with Crippen LogP contribution in [-0.4, -0.2) is 27.7 Å². The minimum atomic E-state index is -0.586. The highest BCUT2D eigenvalue weighted by molar-refractivity contribution is 6.26. The summed E-state index contributed by atoms with van der Waals surface area (Å²) in [4.78, 5) is 26.9. The van der Waals surface area contributed by atoms with E-state index in [0.29, 0.717) is 13.0 Å². The standard InChI is InChI=1S/C20H19NO3/c1-14(22)18-19(23)17(12-15-8-4-2-5-9-15)21(20(18)24)13-16-10-6-3-7-11-16/h2-11,17,22H,12-13H2,1H3/b18-14+. The van der Waals surface area contributed by atoms with E-state index in [1.165, 1.54) is 6.92 Å². The Morgan fingerprint density at radius 3 is 2.04 bits per heavy atom. The number of carbonyl (C=O) groups is 2. The van der Waals surface area contributed by atoms with Crippen LogP contribution in [0.4, 0.5) is 0 Å². The van der Waals surface area contributed by atoms with Gasteiger partial charge in [-0.25, -0.2) is 0 Å². The van der Waals surface area contributed by atoms with Gasteiger partial charge in [0.1, 0.15) is 17.4 Å². The van der Waals surface area contributed by atoms with Crippen molar-refractivity contribution >= 4 is 11.7 Å². The van der Waals surface area contributed by atoms with Gasteiger partial charge in [-0.1, -0.05) is 60.7 Å². The maximum Gasteiger partial charge on any atom is 0.261 e. The molecule has 2 aromatic rings. The Morgan fingerprint density at radius 1 is 0.958 bits per heavy atom. The van der Waals surface area contributed by atoms with Crippen LogP contribution in [0.3, 0.4) is 0 Å². The second-order valence-electron chi connectivity index (χ2n) is 5.95. The van der Waals surface area contributed by atoms with E-state index in [2.05, 4.69) is 0 Å². The van der Waals surface area contributed by atoms with E-state index in [1.807, 2.05) is 60.7 Å². The molecule has 1 aliphatic rings. The number of rotatable bonds is 4. The van der Waals surface area contributed by atoms with E-state index in [0.717, 1.165) is 11.1 Å². The van der Waals surface area contributed by atoms with Crippen molar-refractivity contribution in [2.24, 2.45) is 0 Å². The summed E-state index contributed by atoms with van der Waals surface area (Å²) in [7, 11) is 0. The quantitative estimate of drug-likeness (QED) is 0.535. The molecule has 0 bridgehead atoms. The van der Waals surface area contributed by atoms with Crippen LogP contribution in [0.25, 0.3) is 0 Å². The van der Waals surface area contributed by atoms with Gasteiger partial charge in [-0.15, -0.1) is 0 Å². The maximum atomic E-state index is 12.7. The van der Waals surface area contributed by atoms with Crippen molar-refractivity contribution in [3.8, 4) is 0 Å². The highest BCUT2D eigenvalue weighted by atomic mass is 16.3. The number of aliphatic hydroxyl groups is 1.